The molecule has 0 radical (unpaired) electrons. The summed E-state index contributed by atoms with van der Waals surface area (Å²) in [5.74, 6) is -5.67. The number of carboxylic acid groups (broad SMARTS) is 1. The average molecular weight is 1060 g/mol. The summed E-state index contributed by atoms with van der Waals surface area (Å²) in [5, 5.41) is 129. The molecule has 0 aromatic rings. The van der Waals surface area contributed by atoms with Crippen molar-refractivity contribution in [1.82, 2.24) is 4.90 Å². The van der Waals surface area contributed by atoms with E-state index in [2.05, 4.69) is 0 Å². The molecule has 25 heteroatoms. The molecule has 4 fully saturated rings. The Morgan fingerprint density at radius 2 is 1.44 bits per heavy atom. The van der Waals surface area contributed by atoms with Crippen LogP contribution in [0.15, 0.2) is 0 Å². The third-order valence-electron chi connectivity index (χ3n) is 15.1. The van der Waals surface area contributed by atoms with E-state index in [9.17, 15) is 65.4 Å². The van der Waals surface area contributed by atoms with Crippen molar-refractivity contribution < 1.29 is 119 Å². The summed E-state index contributed by atoms with van der Waals surface area (Å²) in [5.41, 5.74) is -2.90. The fourth-order valence-corrected chi connectivity index (χ4v) is 9.98. The van der Waals surface area contributed by atoms with Crippen LogP contribution in [0.1, 0.15) is 94.4 Å². The van der Waals surface area contributed by atoms with Crippen LogP contribution in [0.4, 0.5) is 0 Å². The number of likely N-dealkylation sites (N-methyl/N-ethyl adjacent to an activating group) is 1. The van der Waals surface area contributed by atoms with Gasteiger partial charge in [-0.25, -0.2) is 4.79 Å². The quantitative estimate of drug-likeness (QED) is 0.0717. The molecule has 0 aromatic heterocycles. The summed E-state index contributed by atoms with van der Waals surface area (Å²) in [6.07, 6.45) is -24.1. The molecule has 4 aliphatic rings. The Hall–Kier alpha value is -2.19. The number of nitrogens with zero attached hydrogens (tertiary/aromatic N) is 1. The number of cyclic esters (lactones) is 1. The lowest BCUT2D eigenvalue weighted by Gasteiger charge is -2.47. The van der Waals surface area contributed by atoms with Gasteiger partial charge in [0.05, 0.1) is 55.3 Å². The summed E-state index contributed by atoms with van der Waals surface area (Å²) >= 11 is 0. The van der Waals surface area contributed by atoms with Gasteiger partial charge in [-0.15, -0.1) is 0 Å². The number of hydrogen-bond acceptors (Lipinski definition) is 24. The number of ketones is 1. The molecular weight excluding hydrogens is 975 g/mol. The van der Waals surface area contributed by atoms with E-state index in [1.807, 2.05) is 32.8 Å². The molecule has 4 heterocycles. The molecule has 0 spiro atoms. The van der Waals surface area contributed by atoms with Gasteiger partial charge in [-0.05, 0) is 74.4 Å². The van der Waals surface area contributed by atoms with Crippen LogP contribution in [0.3, 0.4) is 0 Å². The number of esters is 1. The number of Topliss-reactive ketones (excluding diaryl/α,β-unsaturated/α-hetero) is 1. The lowest BCUT2D eigenvalue weighted by molar-refractivity contribution is -0.326. The number of methoxy groups -OCH3 is 1. The van der Waals surface area contributed by atoms with Crippen LogP contribution in [0.2, 0.25) is 0 Å². The molecule has 0 aliphatic carbocycles. The van der Waals surface area contributed by atoms with Crippen LogP contribution >= 0.6 is 0 Å². The number of rotatable bonds is 15. The molecule has 0 unspecified atom stereocenters. The second-order valence-corrected chi connectivity index (χ2v) is 20.9. The summed E-state index contributed by atoms with van der Waals surface area (Å²) in [4.78, 5) is 40.3. The molecule has 428 valence electrons. The van der Waals surface area contributed by atoms with Gasteiger partial charge in [0, 0.05) is 37.3 Å². The Labute approximate surface area is 426 Å². The van der Waals surface area contributed by atoms with Gasteiger partial charge in [0.15, 0.2) is 25.0 Å². The second kappa shape index (κ2) is 27.9. The molecule has 26 atom stereocenters. The minimum absolute atomic E-state index is 0.167. The number of carboxylic acids is 1. The fourth-order valence-electron chi connectivity index (χ4n) is 9.98. The fraction of sp³-hybridized carbons (Fsp3) is 0.938. The van der Waals surface area contributed by atoms with E-state index in [4.69, 9.17) is 53.2 Å². The maximum absolute atomic E-state index is 14.0. The number of ether oxygens (including phenoxy) is 8. The Morgan fingerprint density at radius 3 is 1.97 bits per heavy atom. The number of carbonyl (C=O) groups excluding carboxylic acids is 2. The third kappa shape index (κ3) is 15.7. The summed E-state index contributed by atoms with van der Waals surface area (Å²) in [6, 6.07) is -0.222. The number of aliphatic hydroxyl groups is 12. The van der Waals surface area contributed by atoms with Crippen molar-refractivity contribution in [2.75, 3.05) is 34.4 Å². The molecule has 73 heavy (non-hydrogen) atoms. The zero-order chi connectivity index (χ0) is 55.8. The van der Waals surface area contributed by atoms with Gasteiger partial charge in [0.1, 0.15) is 72.4 Å². The molecule has 0 saturated carbocycles. The zero-order valence-corrected chi connectivity index (χ0v) is 44.1. The van der Waals surface area contributed by atoms with Crippen molar-refractivity contribution in [3.63, 3.8) is 0 Å². The maximum Gasteiger partial charge on any atom is 0.335 e. The summed E-state index contributed by atoms with van der Waals surface area (Å²) in [6.45, 7) is 13.7. The molecule has 13 N–H and O–H groups in total. The highest BCUT2D eigenvalue weighted by atomic mass is 16.7. The number of carbonyl (C=O) groups is 3. The van der Waals surface area contributed by atoms with E-state index < -0.39 is 170 Å². The van der Waals surface area contributed by atoms with E-state index in [0.29, 0.717) is 19.3 Å². The summed E-state index contributed by atoms with van der Waals surface area (Å²) < 4.78 is 47.1. The Balaban J connectivity index is 0.000000490. The molecule has 0 amide bonds. The van der Waals surface area contributed by atoms with Gasteiger partial charge < -0.3 is 109 Å². The van der Waals surface area contributed by atoms with Gasteiger partial charge >= 0.3 is 11.9 Å². The van der Waals surface area contributed by atoms with E-state index >= 15 is 0 Å². The van der Waals surface area contributed by atoms with Gasteiger partial charge in [-0.3, -0.25) is 9.59 Å². The second-order valence-electron chi connectivity index (χ2n) is 20.9. The molecule has 4 aliphatic heterocycles. The van der Waals surface area contributed by atoms with Crippen molar-refractivity contribution in [2.24, 2.45) is 23.7 Å². The highest BCUT2D eigenvalue weighted by Crippen LogP contribution is 2.39. The van der Waals surface area contributed by atoms with Crippen molar-refractivity contribution in [2.45, 2.75) is 228 Å². The number of hydrogen-bond donors (Lipinski definition) is 13. The van der Waals surface area contributed by atoms with E-state index in [1.165, 1.54) is 14.0 Å². The molecule has 0 aromatic carbocycles. The third-order valence-corrected chi connectivity index (χ3v) is 15.1. The smallest absolute Gasteiger partial charge is 0.335 e. The minimum Gasteiger partial charge on any atom is -0.479 e. The van der Waals surface area contributed by atoms with Crippen LogP contribution in [-0.2, 0) is 52.3 Å². The molecular formula is C48H87NO24. The van der Waals surface area contributed by atoms with Crippen LogP contribution in [0.5, 0.6) is 0 Å². The van der Waals surface area contributed by atoms with Gasteiger partial charge in [-0.2, -0.15) is 0 Å². The van der Waals surface area contributed by atoms with Crippen LogP contribution in [0.25, 0.3) is 0 Å². The van der Waals surface area contributed by atoms with Gasteiger partial charge in [0.2, 0.25) is 0 Å². The van der Waals surface area contributed by atoms with Crippen molar-refractivity contribution in [3.8, 4) is 0 Å². The van der Waals surface area contributed by atoms with Crippen LogP contribution in [-0.4, -0.2) is 257 Å². The normalized spacial score (nSPS) is 44.2. The first kappa shape index (κ1) is 65.1. The largest absolute Gasteiger partial charge is 0.479 e. The highest BCUT2D eigenvalue weighted by Gasteiger charge is 2.52. The molecule has 4 saturated heterocycles. The summed E-state index contributed by atoms with van der Waals surface area (Å²) in [7, 11) is 5.30. The first-order valence-corrected chi connectivity index (χ1v) is 25.0. The maximum atomic E-state index is 14.0. The predicted molar refractivity (Wildman–Crippen MR) is 252 cm³/mol. The topological polar surface area (TPSA) is 391 Å². The Bertz CT molecular complexity index is 1710. The van der Waals surface area contributed by atoms with E-state index in [1.54, 1.807) is 41.5 Å². The van der Waals surface area contributed by atoms with Crippen molar-refractivity contribution in [1.29, 1.82) is 0 Å². The van der Waals surface area contributed by atoms with E-state index in [-0.39, 0.29) is 30.8 Å². The SMILES string of the molecule is CC[C@H]1OC(=O)[C@H](C)[C@@H](O[C@H]2C[C@@](C)(OC)[C@@H](O)[C@H](C)O2)[C@H](C)[C@@H](O[C@@H]2O[C@H](C)C[C@H](N(C)C)[C@H]2O)CC[C@@H](C)C(=O)[C@H](C)[C@@H](O)[C@]1(C)O.O=C(O)[C@H](O)[C@@H](O)[C@H](O[C@@H]1O[C@H](CO)[C@H](O)[C@H](O)[C@H]1O)[C@H](O)CO. The molecule has 25 nitrogen and oxygen atoms in total. The standard InChI is InChI=1S/C36H65NO12.C12H22O12/c1-13-26-36(9,43)31(40)21(5)28(38)18(2)14-15-25(47-34-29(39)24(37(10)11)16-19(3)45-34)20(4)30(22(6)33(42)48-26)49-27-17-35(8,44-12)32(41)23(7)46-27;13-1-3(15)10(7(18)8(19)11(21)22)24-12-9(20)6(17)5(16)4(2-14)23-12/h18-27,29-32,34,39-41,43H,13-17H2,1-12H3;3-10,12-20H,1-2H2,(H,21,22)/t18-,19-,20-,21+,22-,23+,24+,25+,26-,27+,29-,30+,31-,32+,34+,35-,36-;3-,4-,5+,6+,7-,8-,9-,10-,12+/m11/s1. The van der Waals surface area contributed by atoms with Crippen molar-refractivity contribution in [3.05, 3.63) is 0 Å². The lowest BCUT2D eigenvalue weighted by Crippen LogP contribution is -2.61. The predicted octanol–water partition coefficient (Wildman–Crippen LogP) is -3.24. The first-order chi connectivity index (χ1) is 33.8. The monoisotopic (exact) mass is 1060 g/mol. The van der Waals surface area contributed by atoms with Crippen LogP contribution in [0, 0.1) is 23.7 Å². The Morgan fingerprint density at radius 1 is 0.822 bits per heavy atom. The average Bonchev–Trinajstić information content (AvgIpc) is 3.35. The molecule has 0 bridgehead atoms. The number of aliphatic hydroxyl groups excluding tert-OH is 11. The van der Waals surface area contributed by atoms with Gasteiger partial charge in [-0.1, -0.05) is 27.7 Å². The minimum atomic E-state index is -2.39. The zero-order valence-electron chi connectivity index (χ0n) is 44.1. The lowest BCUT2D eigenvalue weighted by atomic mass is 9.78. The van der Waals surface area contributed by atoms with Crippen LogP contribution < -0.4 is 0 Å². The highest BCUT2D eigenvalue weighted by molar-refractivity contribution is 5.83. The number of aliphatic carboxylic acids is 1. The Kier molecular flexibility index (Phi) is 24.9. The molecule has 4 rings (SSSR count). The first-order valence-electron chi connectivity index (χ1n) is 25.0. The van der Waals surface area contributed by atoms with E-state index in [0.717, 1.165) is 0 Å². The van der Waals surface area contributed by atoms with Gasteiger partial charge in [0.25, 0.3) is 0 Å². The van der Waals surface area contributed by atoms with Crippen molar-refractivity contribution >= 4 is 17.7 Å².